The Kier molecular flexibility index (Phi) is 6.41. The first-order chi connectivity index (χ1) is 13.0. The first-order valence-electron chi connectivity index (χ1n) is 8.27. The number of carbonyl (C=O) groups is 2. The molecule has 1 aliphatic rings. The van der Waals surface area contributed by atoms with Crippen LogP contribution in [-0.4, -0.2) is 32.7 Å². The lowest BCUT2D eigenvalue weighted by atomic mass is 10.2. The van der Waals surface area contributed by atoms with Gasteiger partial charge in [-0.2, -0.15) is 0 Å². The Morgan fingerprint density at radius 3 is 2.74 bits per heavy atom. The molecular formula is C19H16FNO3S3. The molecule has 27 heavy (non-hydrogen) atoms. The number of hydrogen-bond donors (Lipinski definition) is 1. The molecule has 1 aliphatic heterocycles. The highest BCUT2D eigenvalue weighted by molar-refractivity contribution is 8.26. The van der Waals surface area contributed by atoms with Gasteiger partial charge in [-0.25, -0.2) is 4.39 Å². The molecule has 0 unspecified atom stereocenters. The van der Waals surface area contributed by atoms with E-state index in [1.165, 1.54) is 34.1 Å². The maximum atomic E-state index is 13.9. The lowest BCUT2D eigenvalue weighted by Gasteiger charge is -2.13. The first kappa shape index (κ1) is 19.7. The zero-order valence-electron chi connectivity index (χ0n) is 14.2. The SMILES string of the molecule is O=C(O)CCCCN1C(=O)C(=Cc2ccc(-c3ccccc3F)s2)SC1=S. The topological polar surface area (TPSA) is 57.6 Å². The smallest absolute Gasteiger partial charge is 0.303 e. The van der Waals surface area contributed by atoms with Crippen molar-refractivity contribution in [2.75, 3.05) is 6.54 Å². The molecule has 1 N–H and O–H groups in total. The first-order valence-corrected chi connectivity index (χ1v) is 10.3. The van der Waals surface area contributed by atoms with Crippen LogP contribution < -0.4 is 0 Å². The van der Waals surface area contributed by atoms with E-state index in [4.69, 9.17) is 17.3 Å². The lowest BCUT2D eigenvalue weighted by molar-refractivity contribution is -0.137. The van der Waals surface area contributed by atoms with Gasteiger partial charge < -0.3 is 5.11 Å². The summed E-state index contributed by atoms with van der Waals surface area (Å²) in [5.41, 5.74) is 0.535. The predicted molar refractivity (Wildman–Crippen MR) is 111 cm³/mol. The van der Waals surface area contributed by atoms with Crippen LogP contribution in [0.1, 0.15) is 24.1 Å². The number of nitrogens with zero attached hydrogens (tertiary/aromatic N) is 1. The van der Waals surface area contributed by atoms with Gasteiger partial charge in [-0.3, -0.25) is 14.5 Å². The van der Waals surface area contributed by atoms with Crippen LogP contribution in [0.4, 0.5) is 4.39 Å². The average molecular weight is 422 g/mol. The van der Waals surface area contributed by atoms with Gasteiger partial charge in [0.15, 0.2) is 0 Å². The highest BCUT2D eigenvalue weighted by atomic mass is 32.2. The standard InChI is InChI=1S/C19H16FNO3S3/c20-14-6-2-1-5-13(14)15-9-8-12(26-15)11-16-18(24)21(19(25)27-16)10-4-3-7-17(22)23/h1-2,5-6,8-9,11H,3-4,7,10H2,(H,22,23). The van der Waals surface area contributed by atoms with E-state index in [-0.39, 0.29) is 18.1 Å². The molecule has 1 fully saturated rings. The summed E-state index contributed by atoms with van der Waals surface area (Å²) >= 11 is 7.92. The maximum Gasteiger partial charge on any atom is 0.303 e. The Hall–Kier alpha value is -2.03. The normalized spacial score (nSPS) is 15.7. The summed E-state index contributed by atoms with van der Waals surface area (Å²) in [5.74, 6) is -1.29. The Labute approximate surface area is 169 Å². The molecule has 4 nitrogen and oxygen atoms in total. The molecule has 0 radical (unpaired) electrons. The van der Waals surface area contributed by atoms with Crippen LogP contribution in [0.2, 0.25) is 0 Å². The van der Waals surface area contributed by atoms with Gasteiger partial charge in [-0.15, -0.1) is 11.3 Å². The van der Waals surface area contributed by atoms with E-state index in [0.717, 1.165) is 9.75 Å². The molecule has 2 heterocycles. The molecule has 3 rings (SSSR count). The summed E-state index contributed by atoms with van der Waals surface area (Å²) in [7, 11) is 0. The van der Waals surface area contributed by atoms with Gasteiger partial charge in [0.05, 0.1) is 4.91 Å². The van der Waals surface area contributed by atoms with E-state index in [0.29, 0.717) is 34.2 Å². The molecule has 0 spiro atoms. The van der Waals surface area contributed by atoms with Crippen LogP contribution in [-0.2, 0) is 9.59 Å². The fraction of sp³-hybridized carbons (Fsp3) is 0.211. The molecule has 1 amide bonds. The number of carboxylic acids is 1. The third kappa shape index (κ3) is 4.82. The molecule has 0 saturated carbocycles. The van der Waals surface area contributed by atoms with Crippen LogP contribution >= 0.6 is 35.3 Å². The van der Waals surface area contributed by atoms with Crippen molar-refractivity contribution in [2.45, 2.75) is 19.3 Å². The fourth-order valence-corrected chi connectivity index (χ4v) is 4.96. The number of hydrogen-bond acceptors (Lipinski definition) is 5. The van der Waals surface area contributed by atoms with Gasteiger partial charge in [0.1, 0.15) is 10.1 Å². The molecule has 0 atom stereocenters. The summed E-state index contributed by atoms with van der Waals surface area (Å²) in [6.45, 7) is 0.417. The van der Waals surface area contributed by atoms with Crippen molar-refractivity contribution in [1.29, 1.82) is 0 Å². The number of carbonyl (C=O) groups excluding carboxylic acids is 1. The Morgan fingerprint density at radius 1 is 1.22 bits per heavy atom. The molecule has 1 aromatic heterocycles. The minimum atomic E-state index is -0.844. The van der Waals surface area contributed by atoms with E-state index in [2.05, 4.69) is 0 Å². The highest BCUT2D eigenvalue weighted by Gasteiger charge is 2.31. The van der Waals surface area contributed by atoms with Gasteiger partial charge in [-0.05, 0) is 37.1 Å². The molecule has 0 bridgehead atoms. The summed E-state index contributed by atoms with van der Waals surface area (Å²) < 4.78 is 14.4. The third-order valence-electron chi connectivity index (χ3n) is 3.94. The van der Waals surface area contributed by atoms with Crippen molar-refractivity contribution < 1.29 is 19.1 Å². The van der Waals surface area contributed by atoms with E-state index in [1.807, 2.05) is 12.1 Å². The Bertz CT molecular complexity index is 922. The van der Waals surface area contributed by atoms with Gasteiger partial charge >= 0.3 is 5.97 Å². The van der Waals surface area contributed by atoms with Crippen LogP contribution in [0.5, 0.6) is 0 Å². The van der Waals surface area contributed by atoms with Gasteiger partial charge in [-0.1, -0.05) is 42.2 Å². The monoisotopic (exact) mass is 421 g/mol. The maximum absolute atomic E-state index is 13.9. The average Bonchev–Trinajstić information content (AvgIpc) is 3.18. The van der Waals surface area contributed by atoms with Gasteiger partial charge in [0, 0.05) is 28.3 Å². The molecular weight excluding hydrogens is 405 g/mol. The highest BCUT2D eigenvalue weighted by Crippen LogP contribution is 2.36. The number of rotatable bonds is 7. The number of benzene rings is 1. The van der Waals surface area contributed by atoms with Crippen LogP contribution in [0.3, 0.4) is 0 Å². The van der Waals surface area contributed by atoms with Crippen molar-refractivity contribution >= 4 is 57.6 Å². The zero-order chi connectivity index (χ0) is 19.4. The molecule has 8 heteroatoms. The van der Waals surface area contributed by atoms with Crippen molar-refractivity contribution in [3.8, 4) is 10.4 Å². The summed E-state index contributed by atoms with van der Waals surface area (Å²) in [5, 5.41) is 8.68. The molecule has 140 valence electrons. The minimum Gasteiger partial charge on any atom is -0.481 e. The summed E-state index contributed by atoms with van der Waals surface area (Å²) in [6.07, 6.45) is 2.94. The largest absolute Gasteiger partial charge is 0.481 e. The quantitative estimate of drug-likeness (QED) is 0.387. The van der Waals surface area contributed by atoms with E-state index < -0.39 is 5.97 Å². The number of unbranched alkanes of at least 4 members (excludes halogenated alkanes) is 1. The fourth-order valence-electron chi connectivity index (χ4n) is 2.60. The van der Waals surface area contributed by atoms with Crippen molar-refractivity contribution in [3.05, 3.63) is 52.0 Å². The second-order valence-corrected chi connectivity index (χ2v) is 8.66. The number of thiophene rings is 1. The van der Waals surface area contributed by atoms with Gasteiger partial charge in [0.2, 0.25) is 0 Å². The van der Waals surface area contributed by atoms with E-state index >= 15 is 0 Å². The molecule has 1 saturated heterocycles. The summed E-state index contributed by atoms with van der Waals surface area (Å²) in [6, 6.07) is 10.3. The minimum absolute atomic E-state index is 0.0820. The second kappa shape index (κ2) is 8.77. The Balaban J connectivity index is 1.69. The molecule has 0 aliphatic carbocycles. The van der Waals surface area contributed by atoms with Crippen LogP contribution in [0.25, 0.3) is 16.5 Å². The van der Waals surface area contributed by atoms with Crippen molar-refractivity contribution in [3.63, 3.8) is 0 Å². The van der Waals surface area contributed by atoms with Gasteiger partial charge in [0.25, 0.3) is 5.91 Å². The number of carboxylic acid groups (broad SMARTS) is 1. The third-order valence-corrected chi connectivity index (χ3v) is 6.38. The van der Waals surface area contributed by atoms with Crippen LogP contribution in [0.15, 0.2) is 41.3 Å². The second-order valence-electron chi connectivity index (χ2n) is 5.87. The predicted octanol–water partition coefficient (Wildman–Crippen LogP) is 5.01. The van der Waals surface area contributed by atoms with E-state index in [9.17, 15) is 14.0 Å². The lowest BCUT2D eigenvalue weighted by Crippen LogP contribution is -2.29. The number of halogens is 1. The zero-order valence-corrected chi connectivity index (χ0v) is 16.6. The molecule has 1 aromatic carbocycles. The number of aliphatic carboxylic acids is 1. The number of thioether (sulfide) groups is 1. The van der Waals surface area contributed by atoms with Crippen LogP contribution in [0, 0.1) is 5.82 Å². The van der Waals surface area contributed by atoms with Crippen molar-refractivity contribution in [1.82, 2.24) is 4.90 Å². The number of thiocarbonyl (C=S) groups is 1. The Morgan fingerprint density at radius 2 is 2.00 bits per heavy atom. The summed E-state index contributed by atoms with van der Waals surface area (Å²) in [4.78, 5) is 26.8. The molecule has 2 aromatic rings. The number of amides is 1. The van der Waals surface area contributed by atoms with E-state index in [1.54, 1.807) is 24.3 Å². The van der Waals surface area contributed by atoms with Crippen molar-refractivity contribution in [2.24, 2.45) is 0 Å².